The minimum Gasteiger partial charge on any atom is -0.496 e. The number of benzene rings is 1. The summed E-state index contributed by atoms with van der Waals surface area (Å²) in [5, 5.41) is 22.8. The predicted molar refractivity (Wildman–Crippen MR) is 105 cm³/mol. The lowest BCUT2D eigenvalue weighted by Gasteiger charge is -2.15. The highest BCUT2D eigenvalue weighted by Crippen LogP contribution is 2.33. The number of nitrogens with zero attached hydrogens (tertiary/aromatic N) is 5. The number of carboxylic acids is 1. The molecule has 0 aliphatic heterocycles. The van der Waals surface area contributed by atoms with Gasteiger partial charge in [-0.3, -0.25) is 4.79 Å². The smallest absolute Gasteiger partial charge is 0.304 e. The number of carbonyl (C=O) groups is 1. The standard InChI is InChI=1S/C20H20N6O3/c1-12(5-19(27)28)17-7-15(16(8-21)20(22)25-17)13-3-4-18(29-2)14(6-13)9-26-11-23-10-24-26/h3-4,6-7,10-12H,5,9H2,1-2H3,(H2,22,25)(H,27,28). The highest BCUT2D eigenvalue weighted by molar-refractivity contribution is 5.77. The lowest BCUT2D eigenvalue weighted by molar-refractivity contribution is -0.137. The Balaban J connectivity index is 2.10. The molecular formula is C20H20N6O3. The van der Waals surface area contributed by atoms with Crippen molar-refractivity contribution in [1.29, 1.82) is 5.26 Å². The fraction of sp³-hybridized carbons (Fsp3) is 0.250. The van der Waals surface area contributed by atoms with Crippen molar-refractivity contribution in [1.82, 2.24) is 19.7 Å². The Bertz CT molecular complexity index is 1070. The van der Waals surface area contributed by atoms with E-state index in [1.807, 2.05) is 12.1 Å². The molecule has 3 N–H and O–H groups in total. The van der Waals surface area contributed by atoms with Crippen LogP contribution in [0.3, 0.4) is 0 Å². The Hall–Kier alpha value is -3.93. The van der Waals surface area contributed by atoms with Gasteiger partial charge in [0, 0.05) is 22.7 Å². The molecule has 9 nitrogen and oxygen atoms in total. The summed E-state index contributed by atoms with van der Waals surface area (Å²) in [6, 6.07) is 9.35. The number of anilines is 1. The van der Waals surface area contributed by atoms with Crippen LogP contribution in [0, 0.1) is 11.3 Å². The van der Waals surface area contributed by atoms with E-state index >= 15 is 0 Å². The average molecular weight is 392 g/mol. The van der Waals surface area contributed by atoms with Crippen LogP contribution >= 0.6 is 0 Å². The molecule has 0 aliphatic carbocycles. The first-order chi connectivity index (χ1) is 13.9. The van der Waals surface area contributed by atoms with Crippen molar-refractivity contribution in [3.8, 4) is 22.9 Å². The first kappa shape index (κ1) is 19.8. The molecule has 0 aliphatic rings. The number of carboxylic acid groups (broad SMARTS) is 1. The zero-order chi connectivity index (χ0) is 21.0. The van der Waals surface area contributed by atoms with Crippen LogP contribution in [0.25, 0.3) is 11.1 Å². The monoisotopic (exact) mass is 392 g/mol. The number of hydrogen-bond donors (Lipinski definition) is 2. The maximum Gasteiger partial charge on any atom is 0.304 e. The van der Waals surface area contributed by atoms with Gasteiger partial charge in [0.05, 0.1) is 20.1 Å². The summed E-state index contributed by atoms with van der Waals surface area (Å²) in [5.74, 6) is -0.535. The summed E-state index contributed by atoms with van der Waals surface area (Å²) in [6.07, 6.45) is 2.96. The molecule has 1 atom stereocenters. The van der Waals surface area contributed by atoms with Gasteiger partial charge in [-0.2, -0.15) is 10.4 Å². The van der Waals surface area contributed by atoms with Gasteiger partial charge in [0.2, 0.25) is 0 Å². The number of nitrogens with two attached hydrogens (primary N) is 1. The topological polar surface area (TPSA) is 140 Å². The number of aliphatic carboxylic acids is 1. The minimum absolute atomic E-state index is 0.0749. The van der Waals surface area contributed by atoms with E-state index in [9.17, 15) is 10.1 Å². The molecule has 2 heterocycles. The van der Waals surface area contributed by atoms with Crippen molar-refractivity contribution in [2.45, 2.75) is 25.8 Å². The largest absolute Gasteiger partial charge is 0.496 e. The van der Waals surface area contributed by atoms with Gasteiger partial charge < -0.3 is 15.6 Å². The molecule has 2 aromatic heterocycles. The summed E-state index contributed by atoms with van der Waals surface area (Å²) < 4.78 is 7.10. The van der Waals surface area contributed by atoms with Gasteiger partial charge in [-0.1, -0.05) is 13.0 Å². The van der Waals surface area contributed by atoms with Gasteiger partial charge in [0.15, 0.2) is 0 Å². The predicted octanol–water partition coefficient (Wildman–Crippen LogP) is 2.43. The van der Waals surface area contributed by atoms with Crippen molar-refractivity contribution >= 4 is 11.8 Å². The first-order valence-corrected chi connectivity index (χ1v) is 8.85. The third-order valence-corrected chi connectivity index (χ3v) is 4.56. The Labute approximate surface area is 167 Å². The zero-order valence-corrected chi connectivity index (χ0v) is 16.0. The summed E-state index contributed by atoms with van der Waals surface area (Å²) in [7, 11) is 1.58. The highest BCUT2D eigenvalue weighted by Gasteiger charge is 2.18. The summed E-state index contributed by atoms with van der Waals surface area (Å²) in [4.78, 5) is 19.3. The molecule has 1 unspecified atom stereocenters. The molecule has 3 aromatic rings. The van der Waals surface area contributed by atoms with E-state index < -0.39 is 5.97 Å². The molecule has 148 valence electrons. The molecule has 0 bridgehead atoms. The lowest BCUT2D eigenvalue weighted by Crippen LogP contribution is -2.08. The normalized spacial score (nSPS) is 11.6. The number of ether oxygens (including phenoxy) is 1. The molecule has 29 heavy (non-hydrogen) atoms. The highest BCUT2D eigenvalue weighted by atomic mass is 16.5. The second-order valence-electron chi connectivity index (χ2n) is 6.59. The second-order valence-corrected chi connectivity index (χ2v) is 6.59. The van der Waals surface area contributed by atoms with Crippen LogP contribution in [0.4, 0.5) is 5.82 Å². The van der Waals surface area contributed by atoms with Crippen LogP contribution in [0.1, 0.15) is 36.1 Å². The van der Waals surface area contributed by atoms with Crippen molar-refractivity contribution < 1.29 is 14.6 Å². The van der Waals surface area contributed by atoms with E-state index in [0.29, 0.717) is 23.6 Å². The second kappa shape index (κ2) is 8.39. The summed E-state index contributed by atoms with van der Waals surface area (Å²) in [6.45, 7) is 2.19. The number of hydrogen-bond acceptors (Lipinski definition) is 7. The quantitative estimate of drug-likeness (QED) is 0.625. The molecule has 3 rings (SSSR count). The number of pyridine rings is 1. The third kappa shape index (κ3) is 4.32. The molecule has 0 saturated carbocycles. The van der Waals surface area contributed by atoms with E-state index in [1.54, 1.807) is 37.2 Å². The molecule has 0 fully saturated rings. The van der Waals surface area contributed by atoms with Crippen molar-refractivity contribution in [3.63, 3.8) is 0 Å². The first-order valence-electron chi connectivity index (χ1n) is 8.85. The molecule has 1 aromatic carbocycles. The Kier molecular flexibility index (Phi) is 5.74. The van der Waals surface area contributed by atoms with Crippen molar-refractivity contribution in [2.75, 3.05) is 12.8 Å². The van der Waals surface area contributed by atoms with Crippen LogP contribution in [0.2, 0.25) is 0 Å². The molecular weight excluding hydrogens is 372 g/mol. The Morgan fingerprint density at radius 2 is 2.21 bits per heavy atom. The van der Waals surface area contributed by atoms with Gasteiger partial charge in [-0.25, -0.2) is 14.6 Å². The van der Waals surface area contributed by atoms with Crippen LogP contribution in [0.15, 0.2) is 36.9 Å². The molecule has 0 saturated heterocycles. The van der Waals surface area contributed by atoms with Gasteiger partial charge in [0.25, 0.3) is 0 Å². The maximum absolute atomic E-state index is 11.1. The van der Waals surface area contributed by atoms with E-state index in [1.165, 1.54) is 6.33 Å². The maximum atomic E-state index is 11.1. The van der Waals surface area contributed by atoms with Gasteiger partial charge in [-0.05, 0) is 23.8 Å². The minimum atomic E-state index is -0.927. The van der Waals surface area contributed by atoms with Crippen LogP contribution in [-0.2, 0) is 11.3 Å². The van der Waals surface area contributed by atoms with Crippen LogP contribution in [-0.4, -0.2) is 37.9 Å². The van der Waals surface area contributed by atoms with Crippen LogP contribution < -0.4 is 10.5 Å². The number of aromatic nitrogens is 4. The third-order valence-electron chi connectivity index (χ3n) is 4.56. The molecule has 0 spiro atoms. The van der Waals surface area contributed by atoms with Crippen molar-refractivity contribution in [2.24, 2.45) is 0 Å². The van der Waals surface area contributed by atoms with Gasteiger partial charge >= 0.3 is 5.97 Å². The zero-order valence-electron chi connectivity index (χ0n) is 16.0. The average Bonchev–Trinajstić information content (AvgIpc) is 3.19. The molecule has 0 radical (unpaired) electrons. The van der Waals surface area contributed by atoms with E-state index in [0.717, 1.165) is 11.1 Å². The van der Waals surface area contributed by atoms with E-state index in [-0.39, 0.29) is 23.7 Å². The van der Waals surface area contributed by atoms with Crippen LogP contribution in [0.5, 0.6) is 5.75 Å². The summed E-state index contributed by atoms with van der Waals surface area (Å²) in [5.41, 5.74) is 8.96. The number of nitrogen functional groups attached to an aromatic ring is 1. The SMILES string of the molecule is COc1ccc(-c2cc(C(C)CC(=O)O)nc(N)c2C#N)cc1Cn1cncn1. The number of nitriles is 1. The van der Waals surface area contributed by atoms with Gasteiger partial charge in [-0.15, -0.1) is 0 Å². The van der Waals surface area contributed by atoms with E-state index in [4.69, 9.17) is 15.6 Å². The van der Waals surface area contributed by atoms with Gasteiger partial charge in [0.1, 0.15) is 35.9 Å². The fourth-order valence-corrected chi connectivity index (χ4v) is 3.11. The Morgan fingerprint density at radius 1 is 1.41 bits per heavy atom. The molecule has 0 amide bonds. The van der Waals surface area contributed by atoms with Crippen molar-refractivity contribution in [3.05, 3.63) is 53.7 Å². The summed E-state index contributed by atoms with van der Waals surface area (Å²) >= 11 is 0. The number of methoxy groups -OCH3 is 1. The number of rotatable bonds is 7. The van der Waals surface area contributed by atoms with E-state index in [2.05, 4.69) is 21.1 Å². The Morgan fingerprint density at radius 3 is 2.83 bits per heavy atom. The molecule has 9 heteroatoms. The lowest BCUT2D eigenvalue weighted by atomic mass is 9.94. The fourth-order valence-electron chi connectivity index (χ4n) is 3.11.